The fourth-order valence-corrected chi connectivity index (χ4v) is 2.97. The van der Waals surface area contributed by atoms with Crippen LogP contribution in [0.5, 0.6) is 11.5 Å². The highest BCUT2D eigenvalue weighted by molar-refractivity contribution is 5.91. The SMILES string of the molecule is COc1cccc2c3c(c(=O)n(C)c12)[C@@H](O)[C@H](O)C(C)(C)O3. The molecule has 1 aliphatic heterocycles. The molecule has 1 aromatic carbocycles. The highest BCUT2D eigenvalue weighted by Gasteiger charge is 2.44. The van der Waals surface area contributed by atoms with E-state index in [1.54, 1.807) is 39.1 Å². The van der Waals surface area contributed by atoms with Gasteiger partial charge in [-0.2, -0.15) is 0 Å². The van der Waals surface area contributed by atoms with Crippen molar-refractivity contribution in [2.45, 2.75) is 31.7 Å². The van der Waals surface area contributed by atoms with Crippen LogP contribution in [0.15, 0.2) is 23.0 Å². The second-order valence-corrected chi connectivity index (χ2v) is 6.06. The first-order chi connectivity index (χ1) is 10.3. The molecule has 0 fully saturated rings. The number of para-hydroxylation sites is 1. The van der Waals surface area contributed by atoms with Gasteiger partial charge in [-0.25, -0.2) is 0 Å². The molecule has 6 heteroatoms. The standard InChI is InChI=1S/C16H19NO5/c1-16(2)14(19)12(18)10-13(22-16)8-6-5-7-9(21-4)11(8)17(3)15(10)20/h5-7,12,14,18-19H,1-4H3/t12-,14+/m1/s1. The summed E-state index contributed by atoms with van der Waals surface area (Å²) in [4.78, 5) is 12.6. The van der Waals surface area contributed by atoms with Gasteiger partial charge in [-0.15, -0.1) is 0 Å². The molecule has 2 aromatic rings. The fraction of sp³-hybridized carbons (Fsp3) is 0.438. The van der Waals surface area contributed by atoms with Crippen LogP contribution in [0.1, 0.15) is 25.5 Å². The zero-order valence-corrected chi connectivity index (χ0v) is 13.0. The van der Waals surface area contributed by atoms with E-state index in [0.717, 1.165) is 0 Å². The lowest BCUT2D eigenvalue weighted by Crippen LogP contribution is -2.50. The minimum atomic E-state index is -1.30. The van der Waals surface area contributed by atoms with Crippen LogP contribution in [0.4, 0.5) is 0 Å². The van der Waals surface area contributed by atoms with E-state index in [1.807, 2.05) is 0 Å². The van der Waals surface area contributed by atoms with E-state index in [-0.39, 0.29) is 5.56 Å². The van der Waals surface area contributed by atoms with Gasteiger partial charge in [-0.05, 0) is 26.0 Å². The van der Waals surface area contributed by atoms with Gasteiger partial charge in [0.2, 0.25) is 0 Å². The minimum Gasteiger partial charge on any atom is -0.495 e. The summed E-state index contributed by atoms with van der Waals surface area (Å²) in [6.07, 6.45) is -2.48. The third-order valence-corrected chi connectivity index (χ3v) is 4.25. The van der Waals surface area contributed by atoms with Crippen molar-refractivity contribution in [2.75, 3.05) is 7.11 Å². The van der Waals surface area contributed by atoms with Crippen molar-refractivity contribution in [3.05, 3.63) is 34.1 Å². The third-order valence-electron chi connectivity index (χ3n) is 4.25. The number of benzene rings is 1. The van der Waals surface area contributed by atoms with Gasteiger partial charge in [0.25, 0.3) is 5.56 Å². The number of ether oxygens (including phenoxy) is 2. The molecule has 1 aliphatic rings. The topological polar surface area (TPSA) is 80.9 Å². The van der Waals surface area contributed by atoms with Crippen molar-refractivity contribution >= 4 is 10.9 Å². The quantitative estimate of drug-likeness (QED) is 0.825. The van der Waals surface area contributed by atoms with Gasteiger partial charge in [0, 0.05) is 12.4 Å². The summed E-state index contributed by atoms with van der Waals surface area (Å²) >= 11 is 0. The molecule has 0 aliphatic carbocycles. The third kappa shape index (κ3) is 1.84. The maximum absolute atomic E-state index is 12.6. The Hall–Kier alpha value is -2.05. The van der Waals surface area contributed by atoms with Gasteiger partial charge >= 0.3 is 0 Å². The Morgan fingerprint density at radius 3 is 2.64 bits per heavy atom. The maximum atomic E-state index is 12.6. The molecule has 0 unspecified atom stereocenters. The van der Waals surface area contributed by atoms with E-state index in [1.165, 1.54) is 11.7 Å². The normalized spacial score (nSPS) is 23.0. The number of methoxy groups -OCH3 is 1. The summed E-state index contributed by atoms with van der Waals surface area (Å²) in [6, 6.07) is 5.35. The summed E-state index contributed by atoms with van der Waals surface area (Å²) < 4.78 is 12.6. The summed E-state index contributed by atoms with van der Waals surface area (Å²) in [5.74, 6) is 0.849. The number of pyridine rings is 1. The van der Waals surface area contributed by atoms with Crippen LogP contribution in [0.3, 0.4) is 0 Å². The molecular weight excluding hydrogens is 286 g/mol. The second-order valence-electron chi connectivity index (χ2n) is 6.06. The lowest BCUT2D eigenvalue weighted by Gasteiger charge is -2.40. The number of fused-ring (bicyclic) bond motifs is 3. The average Bonchev–Trinajstić information content (AvgIpc) is 2.49. The number of aliphatic hydroxyl groups is 2. The van der Waals surface area contributed by atoms with E-state index < -0.39 is 23.4 Å². The van der Waals surface area contributed by atoms with Crippen molar-refractivity contribution in [3.63, 3.8) is 0 Å². The van der Waals surface area contributed by atoms with Crippen molar-refractivity contribution in [1.82, 2.24) is 4.57 Å². The smallest absolute Gasteiger partial charge is 0.260 e. The summed E-state index contributed by atoms with van der Waals surface area (Å²) in [6.45, 7) is 3.35. The van der Waals surface area contributed by atoms with Crippen LogP contribution < -0.4 is 15.0 Å². The Bertz CT molecular complexity index is 808. The molecule has 0 amide bonds. The molecule has 0 bridgehead atoms. The monoisotopic (exact) mass is 305 g/mol. The number of nitrogens with zero attached hydrogens (tertiary/aromatic N) is 1. The van der Waals surface area contributed by atoms with Gasteiger partial charge in [0.1, 0.15) is 29.3 Å². The van der Waals surface area contributed by atoms with Crippen molar-refractivity contribution in [1.29, 1.82) is 0 Å². The molecule has 2 heterocycles. The van der Waals surface area contributed by atoms with Gasteiger partial charge < -0.3 is 24.3 Å². The molecular formula is C16H19NO5. The first-order valence-corrected chi connectivity index (χ1v) is 7.04. The van der Waals surface area contributed by atoms with Crippen LogP contribution in [0, 0.1) is 0 Å². The molecule has 0 saturated carbocycles. The molecule has 118 valence electrons. The zero-order valence-electron chi connectivity index (χ0n) is 13.0. The molecule has 1 aromatic heterocycles. The molecule has 2 N–H and O–H groups in total. The summed E-state index contributed by atoms with van der Waals surface area (Å²) in [5, 5.41) is 21.2. The maximum Gasteiger partial charge on any atom is 0.260 e. The number of rotatable bonds is 1. The Kier molecular flexibility index (Phi) is 3.19. The Labute approximate surface area is 127 Å². The van der Waals surface area contributed by atoms with E-state index in [2.05, 4.69) is 0 Å². The van der Waals surface area contributed by atoms with Crippen LogP contribution in [0.2, 0.25) is 0 Å². The first-order valence-electron chi connectivity index (χ1n) is 7.04. The molecule has 0 saturated heterocycles. The molecule has 3 rings (SSSR count). The Balaban J connectivity index is 2.47. The van der Waals surface area contributed by atoms with Crippen LogP contribution >= 0.6 is 0 Å². The molecule has 6 nitrogen and oxygen atoms in total. The number of aryl methyl sites for hydroxylation is 1. The van der Waals surface area contributed by atoms with Crippen LogP contribution in [-0.4, -0.2) is 33.6 Å². The fourth-order valence-electron chi connectivity index (χ4n) is 2.97. The van der Waals surface area contributed by atoms with E-state index in [4.69, 9.17) is 9.47 Å². The zero-order chi connectivity index (χ0) is 16.2. The van der Waals surface area contributed by atoms with Crippen LogP contribution in [0.25, 0.3) is 10.9 Å². The second kappa shape index (κ2) is 4.72. The van der Waals surface area contributed by atoms with Gasteiger partial charge in [0.05, 0.1) is 18.2 Å². The summed E-state index contributed by atoms with van der Waals surface area (Å²) in [5.41, 5.74) is -0.744. The van der Waals surface area contributed by atoms with Crippen molar-refractivity contribution in [2.24, 2.45) is 7.05 Å². The number of hydrogen-bond acceptors (Lipinski definition) is 5. The Morgan fingerprint density at radius 2 is 2.00 bits per heavy atom. The van der Waals surface area contributed by atoms with E-state index in [9.17, 15) is 15.0 Å². The van der Waals surface area contributed by atoms with Gasteiger partial charge in [-0.1, -0.05) is 6.07 Å². The summed E-state index contributed by atoms with van der Waals surface area (Å²) in [7, 11) is 3.13. The average molecular weight is 305 g/mol. The number of hydrogen-bond donors (Lipinski definition) is 2. The molecule has 2 atom stereocenters. The largest absolute Gasteiger partial charge is 0.495 e. The predicted molar refractivity (Wildman–Crippen MR) is 81.4 cm³/mol. The Morgan fingerprint density at radius 1 is 1.32 bits per heavy atom. The lowest BCUT2D eigenvalue weighted by molar-refractivity contribution is -0.111. The van der Waals surface area contributed by atoms with E-state index in [0.29, 0.717) is 22.4 Å². The molecule has 22 heavy (non-hydrogen) atoms. The molecule has 0 spiro atoms. The van der Waals surface area contributed by atoms with Crippen molar-refractivity contribution < 1.29 is 19.7 Å². The minimum absolute atomic E-state index is 0.0788. The lowest BCUT2D eigenvalue weighted by atomic mass is 9.88. The molecule has 0 radical (unpaired) electrons. The predicted octanol–water partition coefficient (Wildman–Crippen LogP) is 1.11. The van der Waals surface area contributed by atoms with Gasteiger partial charge in [-0.3, -0.25) is 4.79 Å². The van der Waals surface area contributed by atoms with E-state index >= 15 is 0 Å². The first kappa shape index (κ1) is 14.9. The number of aromatic nitrogens is 1. The van der Waals surface area contributed by atoms with Gasteiger partial charge in [0.15, 0.2) is 0 Å². The number of aliphatic hydroxyl groups excluding tert-OH is 2. The van der Waals surface area contributed by atoms with Crippen LogP contribution in [-0.2, 0) is 7.05 Å². The van der Waals surface area contributed by atoms with Crippen molar-refractivity contribution in [3.8, 4) is 11.5 Å². The highest BCUT2D eigenvalue weighted by atomic mass is 16.5. The highest BCUT2D eigenvalue weighted by Crippen LogP contribution is 2.43.